The van der Waals surface area contributed by atoms with Crippen LogP contribution in [0.5, 0.6) is 0 Å². The molecule has 1 saturated heterocycles. The van der Waals surface area contributed by atoms with Gasteiger partial charge >= 0.3 is 0 Å². The molecule has 0 radical (unpaired) electrons. The lowest BCUT2D eigenvalue weighted by molar-refractivity contribution is -0.121. The molecule has 0 aliphatic carbocycles. The van der Waals surface area contributed by atoms with Gasteiger partial charge in [0, 0.05) is 19.3 Å². The first-order valence-electron chi connectivity index (χ1n) is 8.76. The Morgan fingerprint density at radius 2 is 1.88 bits per heavy atom. The van der Waals surface area contributed by atoms with E-state index in [1.165, 1.54) is 11.3 Å². The minimum Gasteiger partial charge on any atom is -0.326 e. The summed E-state index contributed by atoms with van der Waals surface area (Å²) in [6, 6.07) is 17.4. The predicted octanol–water partition coefficient (Wildman–Crippen LogP) is 4.17. The third-order valence-corrected chi connectivity index (χ3v) is 5.84. The smallest absolute Gasteiger partial charge is 0.264 e. The Morgan fingerprint density at radius 3 is 2.65 bits per heavy atom. The normalized spacial score (nSPS) is 16.8. The van der Waals surface area contributed by atoms with Crippen LogP contribution in [0.3, 0.4) is 0 Å². The van der Waals surface area contributed by atoms with Crippen LogP contribution in [0.4, 0.5) is 5.69 Å². The fraction of sp³-hybridized carbons (Fsp3) is 0.238. The second-order valence-corrected chi connectivity index (χ2v) is 7.51. The Morgan fingerprint density at radius 1 is 1.08 bits per heavy atom. The van der Waals surface area contributed by atoms with Crippen molar-refractivity contribution >= 4 is 39.6 Å². The van der Waals surface area contributed by atoms with Crippen molar-refractivity contribution in [1.29, 1.82) is 0 Å². The van der Waals surface area contributed by atoms with Crippen molar-refractivity contribution in [3.05, 3.63) is 64.9 Å². The maximum Gasteiger partial charge on any atom is 0.264 e. The molecule has 26 heavy (non-hydrogen) atoms. The zero-order valence-electron chi connectivity index (χ0n) is 14.6. The predicted molar refractivity (Wildman–Crippen MR) is 106 cm³/mol. The van der Waals surface area contributed by atoms with E-state index in [1.807, 2.05) is 53.9 Å². The lowest BCUT2D eigenvalue weighted by atomic mass is 10.1. The van der Waals surface area contributed by atoms with Crippen molar-refractivity contribution < 1.29 is 9.59 Å². The highest BCUT2D eigenvalue weighted by molar-refractivity contribution is 7.12. The maximum absolute atomic E-state index is 13.1. The van der Waals surface area contributed by atoms with Gasteiger partial charge in [0.15, 0.2) is 0 Å². The van der Waals surface area contributed by atoms with Crippen LogP contribution in [0.1, 0.15) is 22.5 Å². The molecule has 2 aromatic carbocycles. The van der Waals surface area contributed by atoms with Crippen molar-refractivity contribution in [2.75, 3.05) is 18.5 Å². The molecule has 0 bridgehead atoms. The van der Waals surface area contributed by atoms with Crippen molar-refractivity contribution in [3.63, 3.8) is 0 Å². The number of thiophene rings is 1. The van der Waals surface area contributed by atoms with Crippen molar-refractivity contribution in [3.8, 4) is 0 Å². The van der Waals surface area contributed by atoms with Gasteiger partial charge in [-0.1, -0.05) is 36.4 Å². The molecule has 132 valence electrons. The van der Waals surface area contributed by atoms with Crippen LogP contribution < -0.4 is 4.90 Å². The number of nitrogens with zero attached hydrogens (tertiary/aromatic N) is 2. The van der Waals surface area contributed by atoms with E-state index in [2.05, 4.69) is 6.07 Å². The Kier molecular flexibility index (Phi) is 4.47. The molecule has 0 N–H and O–H groups in total. The van der Waals surface area contributed by atoms with E-state index in [0.29, 0.717) is 17.8 Å². The molecule has 2 amide bonds. The summed E-state index contributed by atoms with van der Waals surface area (Å²) in [5.41, 5.74) is 0.851. The lowest BCUT2D eigenvalue weighted by Gasteiger charge is -2.28. The molecule has 1 unspecified atom stereocenters. The Balaban J connectivity index is 1.57. The Labute approximate surface area is 156 Å². The number of hydrogen-bond donors (Lipinski definition) is 0. The molecule has 1 aliphatic heterocycles. The third-order valence-electron chi connectivity index (χ3n) is 4.98. The largest absolute Gasteiger partial charge is 0.326 e. The van der Waals surface area contributed by atoms with E-state index in [1.54, 1.807) is 16.8 Å². The fourth-order valence-corrected chi connectivity index (χ4v) is 4.22. The Hall–Kier alpha value is -2.66. The topological polar surface area (TPSA) is 40.6 Å². The van der Waals surface area contributed by atoms with Crippen LogP contribution in [0.15, 0.2) is 60.0 Å². The maximum atomic E-state index is 13.1. The first-order chi connectivity index (χ1) is 12.6. The average molecular weight is 364 g/mol. The number of fused-ring (bicyclic) bond motifs is 1. The van der Waals surface area contributed by atoms with Gasteiger partial charge in [-0.2, -0.15) is 0 Å². The molecule has 4 rings (SSSR count). The van der Waals surface area contributed by atoms with Crippen LogP contribution >= 0.6 is 11.3 Å². The van der Waals surface area contributed by atoms with E-state index in [0.717, 1.165) is 22.9 Å². The number of likely N-dealkylation sites (N-methyl/N-ethyl adjacent to an activating group) is 1. The first kappa shape index (κ1) is 16.8. The molecule has 2 heterocycles. The van der Waals surface area contributed by atoms with Crippen LogP contribution in [0.25, 0.3) is 10.8 Å². The van der Waals surface area contributed by atoms with E-state index < -0.39 is 0 Å². The summed E-state index contributed by atoms with van der Waals surface area (Å²) >= 11 is 1.42. The molecule has 1 fully saturated rings. The summed E-state index contributed by atoms with van der Waals surface area (Å²) in [5, 5.41) is 4.14. The molecule has 1 aliphatic rings. The summed E-state index contributed by atoms with van der Waals surface area (Å²) in [6.45, 7) is 0.638. The summed E-state index contributed by atoms with van der Waals surface area (Å²) in [4.78, 5) is 29.9. The minimum atomic E-state index is -0.388. The lowest BCUT2D eigenvalue weighted by Crippen LogP contribution is -2.46. The standard InChI is InChI=1S/C21H20N2O2S/c1-22(17-11-10-15-6-2-3-7-16(15)14-17)20(24)18-8-4-12-23(18)21(25)19-9-5-13-26-19/h2-3,5-7,9-11,13-14,18H,4,8,12H2,1H3. The van der Waals surface area contributed by atoms with Crippen LogP contribution in [0, 0.1) is 0 Å². The van der Waals surface area contributed by atoms with E-state index in [4.69, 9.17) is 0 Å². The van der Waals surface area contributed by atoms with Crippen molar-refractivity contribution in [1.82, 2.24) is 4.90 Å². The molecule has 0 spiro atoms. The minimum absolute atomic E-state index is 0.0253. The number of hydrogen-bond acceptors (Lipinski definition) is 3. The number of likely N-dealkylation sites (tertiary alicyclic amines) is 1. The Bertz CT molecular complexity index is 952. The molecule has 1 aromatic heterocycles. The zero-order valence-corrected chi connectivity index (χ0v) is 15.4. The van der Waals surface area contributed by atoms with Gasteiger partial charge in [-0.05, 0) is 47.2 Å². The number of rotatable bonds is 3. The number of carbonyl (C=O) groups is 2. The highest BCUT2D eigenvalue weighted by atomic mass is 32.1. The van der Waals surface area contributed by atoms with Gasteiger partial charge in [0.05, 0.1) is 4.88 Å². The highest BCUT2D eigenvalue weighted by Gasteiger charge is 2.36. The molecule has 1 atom stereocenters. The average Bonchev–Trinajstić information content (AvgIpc) is 3.37. The van der Waals surface area contributed by atoms with E-state index in [9.17, 15) is 9.59 Å². The SMILES string of the molecule is CN(C(=O)C1CCCN1C(=O)c1cccs1)c1ccc2ccccc2c1. The van der Waals surface area contributed by atoms with Gasteiger partial charge in [-0.25, -0.2) is 0 Å². The van der Waals surface area contributed by atoms with Gasteiger partial charge < -0.3 is 9.80 Å². The second-order valence-electron chi connectivity index (χ2n) is 6.56. The zero-order chi connectivity index (χ0) is 18.1. The molecule has 5 heteroatoms. The second kappa shape index (κ2) is 6.92. The van der Waals surface area contributed by atoms with E-state index in [-0.39, 0.29) is 17.9 Å². The molecule has 4 nitrogen and oxygen atoms in total. The van der Waals surface area contributed by atoms with Gasteiger partial charge in [0.2, 0.25) is 5.91 Å². The van der Waals surface area contributed by atoms with Crippen LogP contribution in [-0.2, 0) is 4.79 Å². The number of benzene rings is 2. The fourth-order valence-electron chi connectivity index (χ4n) is 3.54. The molecular formula is C21H20N2O2S. The monoisotopic (exact) mass is 364 g/mol. The van der Waals surface area contributed by atoms with Crippen LogP contribution in [0.2, 0.25) is 0 Å². The van der Waals surface area contributed by atoms with Crippen LogP contribution in [-0.4, -0.2) is 36.3 Å². The molecule has 0 saturated carbocycles. The summed E-state index contributed by atoms with van der Waals surface area (Å²) in [7, 11) is 1.79. The summed E-state index contributed by atoms with van der Waals surface area (Å²) in [5.74, 6) is -0.0644. The number of carbonyl (C=O) groups excluding carboxylic acids is 2. The third kappa shape index (κ3) is 2.99. The van der Waals surface area contributed by atoms with Gasteiger partial charge in [0.1, 0.15) is 6.04 Å². The number of amides is 2. The highest BCUT2D eigenvalue weighted by Crippen LogP contribution is 2.27. The van der Waals surface area contributed by atoms with Gasteiger partial charge in [-0.15, -0.1) is 11.3 Å². The van der Waals surface area contributed by atoms with Gasteiger partial charge in [-0.3, -0.25) is 9.59 Å². The summed E-state index contributed by atoms with van der Waals surface area (Å²) in [6.07, 6.45) is 1.58. The molecule has 3 aromatic rings. The summed E-state index contributed by atoms with van der Waals surface area (Å²) < 4.78 is 0. The number of anilines is 1. The molecular weight excluding hydrogens is 344 g/mol. The first-order valence-corrected chi connectivity index (χ1v) is 9.64. The van der Waals surface area contributed by atoms with Gasteiger partial charge in [0.25, 0.3) is 5.91 Å². The van der Waals surface area contributed by atoms with Crippen molar-refractivity contribution in [2.45, 2.75) is 18.9 Å². The van der Waals surface area contributed by atoms with E-state index >= 15 is 0 Å². The van der Waals surface area contributed by atoms with Crippen molar-refractivity contribution in [2.24, 2.45) is 0 Å². The quantitative estimate of drug-likeness (QED) is 0.700.